The van der Waals surface area contributed by atoms with Gasteiger partial charge >= 0.3 is 11.9 Å². The van der Waals surface area contributed by atoms with Crippen LogP contribution in [-0.2, 0) is 27.9 Å². The summed E-state index contributed by atoms with van der Waals surface area (Å²) < 4.78 is 0. The molecule has 0 saturated carbocycles. The largest absolute Gasteiger partial charge is 0.481 e. The third kappa shape index (κ3) is 7.09. The van der Waals surface area contributed by atoms with Gasteiger partial charge in [0, 0.05) is 11.9 Å². The van der Waals surface area contributed by atoms with E-state index < -0.39 is 17.9 Å². The van der Waals surface area contributed by atoms with Gasteiger partial charge in [0.15, 0.2) is 0 Å². The van der Waals surface area contributed by atoms with Gasteiger partial charge in [0.1, 0.15) is 0 Å². The van der Waals surface area contributed by atoms with Crippen LogP contribution in [-0.4, -0.2) is 22.2 Å². The molecule has 0 saturated heterocycles. The van der Waals surface area contributed by atoms with E-state index in [2.05, 4.69) is 15.9 Å². The second-order valence-corrected chi connectivity index (χ2v) is 8.07. The van der Waals surface area contributed by atoms with E-state index in [9.17, 15) is 14.7 Å². The molecular weight excluding hydrogens is 422 g/mol. The van der Waals surface area contributed by atoms with Crippen molar-refractivity contribution in [3.8, 4) is 0 Å². The first-order valence-electron chi connectivity index (χ1n) is 8.97. The van der Waals surface area contributed by atoms with Gasteiger partial charge in [-0.1, -0.05) is 85.2 Å². The molecule has 0 amide bonds. The lowest BCUT2D eigenvalue weighted by atomic mass is 9.75. The molecule has 0 heterocycles. The molecule has 5 nitrogen and oxygen atoms in total. The molecule has 152 valence electrons. The number of carboxylic acids is 2. The molecule has 0 spiro atoms. The summed E-state index contributed by atoms with van der Waals surface area (Å²) in [7, 11) is 0. The minimum atomic E-state index is -0.798. The molecule has 28 heavy (non-hydrogen) atoms. The Balaban J connectivity index is 0.000000292. The summed E-state index contributed by atoms with van der Waals surface area (Å²) in [5.74, 6) is -2.11. The Bertz CT molecular complexity index is 799. The first kappa shape index (κ1) is 23.9. The Morgan fingerprint density at radius 2 is 1.46 bits per heavy atom. The van der Waals surface area contributed by atoms with Crippen molar-refractivity contribution in [2.45, 2.75) is 45.0 Å². The first-order chi connectivity index (χ1) is 13.1. The van der Waals surface area contributed by atoms with E-state index in [1.165, 1.54) is 0 Å². The molecule has 2 aromatic rings. The summed E-state index contributed by atoms with van der Waals surface area (Å²) in [5, 5.41) is 18.6. The lowest BCUT2D eigenvalue weighted by Gasteiger charge is -2.28. The maximum atomic E-state index is 11.4. The highest BCUT2D eigenvalue weighted by Crippen LogP contribution is 2.36. The van der Waals surface area contributed by atoms with Gasteiger partial charge in [-0.3, -0.25) is 9.59 Å². The molecule has 4 N–H and O–H groups in total. The SMILES string of the molecule is CC(C)(C)C(C(=O)O)c1ccccc1CN.O=C(O)Cc1ccccc1CBr. The molecule has 0 radical (unpaired) electrons. The highest BCUT2D eigenvalue weighted by molar-refractivity contribution is 9.08. The summed E-state index contributed by atoms with van der Waals surface area (Å²) in [5.41, 5.74) is 8.97. The summed E-state index contributed by atoms with van der Waals surface area (Å²) >= 11 is 3.31. The average Bonchev–Trinajstić information content (AvgIpc) is 2.61. The van der Waals surface area contributed by atoms with E-state index in [4.69, 9.17) is 10.8 Å². The minimum Gasteiger partial charge on any atom is -0.481 e. The summed E-state index contributed by atoms with van der Waals surface area (Å²) in [6.07, 6.45) is 0.0990. The smallest absolute Gasteiger partial charge is 0.311 e. The van der Waals surface area contributed by atoms with Crippen molar-refractivity contribution in [3.63, 3.8) is 0 Å². The van der Waals surface area contributed by atoms with Crippen LogP contribution in [0.3, 0.4) is 0 Å². The predicted molar refractivity (Wildman–Crippen MR) is 115 cm³/mol. The lowest BCUT2D eigenvalue weighted by Crippen LogP contribution is -2.27. The molecule has 0 aliphatic heterocycles. The quantitative estimate of drug-likeness (QED) is 0.560. The molecule has 6 heteroatoms. The Hall–Kier alpha value is -2.18. The molecule has 0 aliphatic carbocycles. The van der Waals surface area contributed by atoms with Crippen molar-refractivity contribution in [1.29, 1.82) is 0 Å². The van der Waals surface area contributed by atoms with Gasteiger partial charge in [0.25, 0.3) is 0 Å². The fourth-order valence-electron chi connectivity index (χ4n) is 2.99. The number of carbonyl (C=O) groups is 2. The zero-order valence-electron chi connectivity index (χ0n) is 16.5. The van der Waals surface area contributed by atoms with E-state index >= 15 is 0 Å². The molecule has 2 rings (SSSR count). The third-order valence-corrected chi connectivity index (χ3v) is 4.91. The number of rotatable bonds is 6. The van der Waals surface area contributed by atoms with Gasteiger partial charge < -0.3 is 15.9 Å². The Kier molecular flexibility index (Phi) is 9.35. The van der Waals surface area contributed by atoms with Gasteiger partial charge in [-0.25, -0.2) is 0 Å². The number of hydrogen-bond acceptors (Lipinski definition) is 3. The van der Waals surface area contributed by atoms with Crippen LogP contribution in [0.2, 0.25) is 0 Å². The first-order valence-corrected chi connectivity index (χ1v) is 10.1. The molecule has 1 unspecified atom stereocenters. The number of carboxylic acid groups (broad SMARTS) is 2. The normalized spacial score (nSPS) is 11.9. The zero-order valence-corrected chi connectivity index (χ0v) is 18.1. The van der Waals surface area contributed by atoms with E-state index in [0.717, 1.165) is 22.3 Å². The van der Waals surface area contributed by atoms with Gasteiger partial charge in [-0.05, 0) is 27.7 Å². The third-order valence-electron chi connectivity index (χ3n) is 4.30. The van der Waals surface area contributed by atoms with Crippen molar-refractivity contribution in [3.05, 3.63) is 70.8 Å². The van der Waals surface area contributed by atoms with Crippen LogP contribution in [0, 0.1) is 5.41 Å². The number of benzene rings is 2. The predicted octanol–water partition coefficient (Wildman–Crippen LogP) is 4.57. The summed E-state index contributed by atoms with van der Waals surface area (Å²) in [6, 6.07) is 15.0. The Morgan fingerprint density at radius 1 is 0.964 bits per heavy atom. The fraction of sp³-hybridized carbons (Fsp3) is 0.364. The average molecular weight is 450 g/mol. The molecule has 0 bridgehead atoms. The molecule has 1 atom stereocenters. The van der Waals surface area contributed by atoms with E-state index in [1.807, 2.05) is 69.3 Å². The van der Waals surface area contributed by atoms with E-state index in [1.54, 1.807) is 0 Å². The summed E-state index contributed by atoms with van der Waals surface area (Å²) in [6.45, 7) is 6.16. The number of aliphatic carboxylic acids is 2. The highest BCUT2D eigenvalue weighted by atomic mass is 79.9. The number of hydrogen-bond donors (Lipinski definition) is 3. The number of alkyl halides is 1. The maximum Gasteiger partial charge on any atom is 0.311 e. The Morgan fingerprint density at radius 3 is 1.89 bits per heavy atom. The number of nitrogens with two attached hydrogens (primary N) is 1. The van der Waals surface area contributed by atoms with E-state index in [0.29, 0.717) is 11.9 Å². The second-order valence-electron chi connectivity index (χ2n) is 7.51. The van der Waals surface area contributed by atoms with Crippen molar-refractivity contribution in [2.75, 3.05) is 0 Å². The van der Waals surface area contributed by atoms with Crippen LogP contribution in [0.1, 0.15) is 48.9 Å². The van der Waals surface area contributed by atoms with Crippen LogP contribution in [0.15, 0.2) is 48.5 Å². The van der Waals surface area contributed by atoms with Crippen molar-refractivity contribution >= 4 is 27.9 Å². The van der Waals surface area contributed by atoms with E-state index in [-0.39, 0.29) is 11.8 Å². The van der Waals surface area contributed by atoms with Crippen molar-refractivity contribution in [2.24, 2.45) is 11.1 Å². The standard InChI is InChI=1S/C13H19NO2.C9H9BrO2/c1-13(2,3)11(12(15)16)10-7-5-4-6-9(10)8-14;10-6-8-4-2-1-3-7(8)5-9(11)12/h4-7,11H,8,14H2,1-3H3,(H,15,16);1-4H,5-6H2,(H,11,12). The van der Waals surface area contributed by atoms with Gasteiger partial charge in [-0.15, -0.1) is 0 Å². The number of halogens is 1. The van der Waals surface area contributed by atoms with Gasteiger partial charge in [-0.2, -0.15) is 0 Å². The van der Waals surface area contributed by atoms with Crippen LogP contribution in [0.4, 0.5) is 0 Å². The fourth-order valence-corrected chi connectivity index (χ4v) is 3.54. The monoisotopic (exact) mass is 449 g/mol. The van der Waals surface area contributed by atoms with Gasteiger partial charge in [0.2, 0.25) is 0 Å². The van der Waals surface area contributed by atoms with Crippen molar-refractivity contribution < 1.29 is 19.8 Å². The minimum absolute atomic E-state index is 0.0990. The summed E-state index contributed by atoms with van der Waals surface area (Å²) in [4.78, 5) is 21.8. The second kappa shape index (κ2) is 11.0. The van der Waals surface area contributed by atoms with Crippen LogP contribution >= 0.6 is 15.9 Å². The molecule has 2 aromatic carbocycles. The maximum absolute atomic E-state index is 11.4. The molecule has 0 fully saturated rings. The van der Waals surface area contributed by atoms with Crippen LogP contribution < -0.4 is 5.73 Å². The Labute approximate surface area is 174 Å². The zero-order chi connectivity index (χ0) is 21.3. The topological polar surface area (TPSA) is 101 Å². The molecular formula is C22H28BrNO4. The van der Waals surface area contributed by atoms with Crippen LogP contribution in [0.25, 0.3) is 0 Å². The van der Waals surface area contributed by atoms with Gasteiger partial charge in [0.05, 0.1) is 12.3 Å². The highest BCUT2D eigenvalue weighted by Gasteiger charge is 2.33. The molecule has 0 aliphatic rings. The van der Waals surface area contributed by atoms with Crippen LogP contribution in [0.5, 0.6) is 0 Å². The van der Waals surface area contributed by atoms with Crippen molar-refractivity contribution in [1.82, 2.24) is 0 Å². The molecule has 0 aromatic heterocycles. The lowest BCUT2D eigenvalue weighted by molar-refractivity contribution is -0.141.